The molecule has 8 nitrogen and oxygen atoms in total. The first-order chi connectivity index (χ1) is 22.1. The van der Waals surface area contributed by atoms with E-state index in [1.54, 1.807) is 17.5 Å². The number of hydrogen-bond acceptors (Lipinski definition) is 6. The minimum absolute atomic E-state index is 0.357. The number of carbonyl (C=O) groups is 1. The minimum Gasteiger partial charge on any atom is -0.494 e. The van der Waals surface area contributed by atoms with Crippen LogP contribution >= 0.6 is 0 Å². The van der Waals surface area contributed by atoms with Crippen LogP contribution in [-0.2, 0) is 9.53 Å². The molecule has 5 aromatic rings. The molecule has 0 radical (unpaired) electrons. The van der Waals surface area contributed by atoms with E-state index in [0.717, 1.165) is 53.7 Å². The second kappa shape index (κ2) is 12.9. The number of rotatable bonds is 3. The van der Waals surface area contributed by atoms with E-state index in [2.05, 4.69) is 0 Å². The van der Waals surface area contributed by atoms with Gasteiger partial charge in [0.05, 0.1) is 30.2 Å². The summed E-state index contributed by atoms with van der Waals surface area (Å²) in [5.74, 6) is -0.260. The number of fused-ring (bicyclic) bond motifs is 9. The van der Waals surface area contributed by atoms with E-state index < -0.39 is 17.7 Å². The summed E-state index contributed by atoms with van der Waals surface area (Å²) in [5, 5.41) is 15.4. The van der Waals surface area contributed by atoms with Gasteiger partial charge in [-0.2, -0.15) is 5.10 Å². The van der Waals surface area contributed by atoms with Crippen LogP contribution < -0.4 is 9.47 Å². The Morgan fingerprint density at radius 1 is 0.913 bits per heavy atom. The highest BCUT2D eigenvalue weighted by Crippen LogP contribution is 2.38. The normalized spacial score (nSPS) is 14.6. The molecule has 238 valence electrons. The van der Waals surface area contributed by atoms with Crippen LogP contribution in [0.2, 0.25) is 0 Å². The lowest BCUT2D eigenvalue weighted by Gasteiger charge is -2.27. The molecule has 4 heterocycles. The molecule has 3 aromatic carbocycles. The Labute approximate surface area is 267 Å². The fourth-order valence-electron chi connectivity index (χ4n) is 5.79. The monoisotopic (exact) mass is 623 g/mol. The number of ether oxygens (including phenoxy) is 3. The maximum Gasteiger partial charge on any atom is 0.337 e. The van der Waals surface area contributed by atoms with Crippen LogP contribution in [0.3, 0.4) is 0 Å². The summed E-state index contributed by atoms with van der Waals surface area (Å²) in [6.07, 6.45) is 2.38. The van der Waals surface area contributed by atoms with Crippen LogP contribution in [0.25, 0.3) is 39.3 Å². The van der Waals surface area contributed by atoms with E-state index in [1.165, 1.54) is 12.1 Å². The Morgan fingerprint density at radius 3 is 2.35 bits per heavy atom. The first kappa shape index (κ1) is 31.2. The Hall–Kier alpha value is -4.76. The molecule has 0 aliphatic carbocycles. The van der Waals surface area contributed by atoms with Gasteiger partial charge in [0.15, 0.2) is 11.8 Å². The summed E-state index contributed by atoms with van der Waals surface area (Å²) >= 11 is 0. The molecule has 2 aliphatic heterocycles. The lowest BCUT2D eigenvalue weighted by Crippen LogP contribution is -2.29. The minimum atomic E-state index is -1.29. The largest absolute Gasteiger partial charge is 0.494 e. The van der Waals surface area contributed by atoms with Crippen molar-refractivity contribution in [2.24, 2.45) is 0 Å². The molecule has 2 aromatic heterocycles. The molecule has 0 saturated carbocycles. The second-order valence-electron chi connectivity index (χ2n) is 12.6. The zero-order chi connectivity index (χ0) is 32.4. The van der Waals surface area contributed by atoms with Crippen molar-refractivity contribution in [3.05, 3.63) is 89.9 Å². The Balaban J connectivity index is 1.56. The van der Waals surface area contributed by atoms with Crippen LogP contribution in [-0.4, -0.2) is 44.5 Å². The Kier molecular flexibility index (Phi) is 8.77. The summed E-state index contributed by atoms with van der Waals surface area (Å²) in [5.41, 5.74) is 5.22. The van der Waals surface area contributed by atoms with Gasteiger partial charge in [0.1, 0.15) is 17.3 Å². The predicted octanol–water partition coefficient (Wildman–Crippen LogP) is 8.45. The standard InChI is InChI=1S/C37H38FN3O5/c1-23-33(35(36(42)43)46-37(2,3)4)34-24-12-15-28(16-13-24)44-18-7-5-6-8-19-45-31-21-27(38)14-17-29(31)25-10-9-11-26(20-25)30-22-32(39-23)41(34)40-30/h9-17,20-22,35H,5-8,18-19H2,1-4H3,(H,42,43)/t35-/m0/s1. The Morgan fingerprint density at radius 2 is 1.63 bits per heavy atom. The molecular weight excluding hydrogens is 585 g/mol. The zero-order valence-electron chi connectivity index (χ0n) is 26.5. The van der Waals surface area contributed by atoms with Gasteiger partial charge in [-0.15, -0.1) is 0 Å². The highest BCUT2D eigenvalue weighted by Gasteiger charge is 2.33. The SMILES string of the molecule is Cc1nc2cc3nn2c(c1[C@H](OC(C)(C)C)C(=O)O)-c1ccc(cc1)OCCCCCCOc1cc(F)ccc1-c1cccc-3c1. The lowest BCUT2D eigenvalue weighted by atomic mass is 9.98. The summed E-state index contributed by atoms with van der Waals surface area (Å²) < 4.78 is 34.2. The third-order valence-corrected chi connectivity index (χ3v) is 7.89. The molecule has 7 rings (SSSR count). The van der Waals surface area contributed by atoms with Crippen LogP contribution in [0.15, 0.2) is 72.8 Å². The molecule has 0 unspecified atom stereocenters. The first-order valence-electron chi connectivity index (χ1n) is 15.6. The van der Waals surface area contributed by atoms with Gasteiger partial charge in [0.25, 0.3) is 0 Å². The number of aryl methyl sites for hydroxylation is 1. The molecule has 0 saturated heterocycles. The van der Waals surface area contributed by atoms with Gasteiger partial charge in [-0.25, -0.2) is 18.7 Å². The second-order valence-corrected chi connectivity index (χ2v) is 12.6. The number of benzene rings is 3. The van der Waals surface area contributed by atoms with Crippen molar-refractivity contribution >= 4 is 11.6 Å². The van der Waals surface area contributed by atoms with Crippen molar-refractivity contribution in [1.82, 2.24) is 14.6 Å². The average molecular weight is 624 g/mol. The van der Waals surface area contributed by atoms with Crippen LogP contribution in [0.5, 0.6) is 11.5 Å². The van der Waals surface area contributed by atoms with Gasteiger partial charge in [-0.1, -0.05) is 18.2 Å². The molecule has 0 spiro atoms. The van der Waals surface area contributed by atoms with Crippen LogP contribution in [0.4, 0.5) is 4.39 Å². The number of carboxylic acid groups (broad SMARTS) is 1. The average Bonchev–Trinajstić information content (AvgIpc) is 3.44. The smallest absolute Gasteiger partial charge is 0.337 e. The van der Waals surface area contributed by atoms with E-state index >= 15 is 0 Å². The van der Waals surface area contributed by atoms with Gasteiger partial charge in [-0.3, -0.25) is 0 Å². The summed E-state index contributed by atoms with van der Waals surface area (Å²) in [6.45, 7) is 8.33. The van der Waals surface area contributed by atoms with Crippen molar-refractivity contribution in [3.63, 3.8) is 0 Å². The van der Waals surface area contributed by atoms with Crippen LogP contribution in [0.1, 0.15) is 63.8 Å². The van der Waals surface area contributed by atoms with Crippen molar-refractivity contribution in [2.75, 3.05) is 13.2 Å². The molecule has 0 fully saturated rings. The van der Waals surface area contributed by atoms with Crippen LogP contribution in [0, 0.1) is 12.7 Å². The van der Waals surface area contributed by atoms with E-state index in [-0.39, 0.29) is 5.82 Å². The third-order valence-electron chi connectivity index (χ3n) is 7.89. The van der Waals surface area contributed by atoms with Crippen molar-refractivity contribution in [1.29, 1.82) is 0 Å². The highest BCUT2D eigenvalue weighted by atomic mass is 19.1. The van der Waals surface area contributed by atoms with Gasteiger partial charge in [0.2, 0.25) is 0 Å². The summed E-state index contributed by atoms with van der Waals surface area (Å²) in [7, 11) is 0. The summed E-state index contributed by atoms with van der Waals surface area (Å²) in [6, 6.07) is 21.9. The molecule has 2 aliphatic rings. The molecule has 1 atom stereocenters. The number of hydrogen-bond donors (Lipinski definition) is 1. The molecular formula is C37H38FN3O5. The molecule has 9 heteroatoms. The van der Waals surface area contributed by atoms with Crippen molar-refractivity contribution < 1.29 is 28.5 Å². The molecule has 6 bridgehead atoms. The molecule has 46 heavy (non-hydrogen) atoms. The lowest BCUT2D eigenvalue weighted by molar-refractivity contribution is -0.160. The van der Waals surface area contributed by atoms with Crippen molar-refractivity contribution in [3.8, 4) is 45.1 Å². The maximum atomic E-state index is 14.3. The highest BCUT2D eigenvalue weighted by molar-refractivity contribution is 5.81. The van der Waals surface area contributed by atoms with Gasteiger partial charge in [0, 0.05) is 40.1 Å². The number of halogens is 1. The Bertz CT molecular complexity index is 1880. The number of nitrogens with zero attached hydrogens (tertiary/aromatic N) is 3. The van der Waals surface area contributed by atoms with E-state index in [1.807, 2.05) is 75.4 Å². The van der Waals surface area contributed by atoms with E-state index in [4.69, 9.17) is 24.3 Å². The third kappa shape index (κ3) is 6.74. The van der Waals surface area contributed by atoms with Gasteiger partial charge >= 0.3 is 5.97 Å². The van der Waals surface area contributed by atoms with Gasteiger partial charge in [-0.05, 0) is 101 Å². The maximum absolute atomic E-state index is 14.3. The fraction of sp³-hybridized carbons (Fsp3) is 0.324. The zero-order valence-corrected chi connectivity index (χ0v) is 26.5. The first-order valence-corrected chi connectivity index (χ1v) is 15.6. The topological polar surface area (TPSA) is 95.2 Å². The predicted molar refractivity (Wildman–Crippen MR) is 175 cm³/mol. The van der Waals surface area contributed by atoms with Crippen molar-refractivity contribution in [2.45, 2.75) is 65.1 Å². The van der Waals surface area contributed by atoms with E-state index in [0.29, 0.717) is 47.3 Å². The summed E-state index contributed by atoms with van der Waals surface area (Å²) in [4.78, 5) is 17.5. The quantitative estimate of drug-likeness (QED) is 0.215. The number of aromatic nitrogens is 3. The van der Waals surface area contributed by atoms with E-state index in [9.17, 15) is 14.3 Å². The molecule has 0 amide bonds. The fourth-order valence-corrected chi connectivity index (χ4v) is 5.79. The number of aliphatic carboxylic acids is 1. The molecule has 1 N–H and O–H groups in total. The van der Waals surface area contributed by atoms with Gasteiger partial charge < -0.3 is 19.3 Å². The number of carboxylic acids is 1.